The van der Waals surface area contributed by atoms with Crippen LogP contribution in [-0.2, 0) is 11.2 Å². The Hall–Kier alpha value is -1.59. The zero-order chi connectivity index (χ0) is 14.4. The standard InChI is InChI=1S/C15H22N4O.ClH/c1-2-3-6-11(10-16)17-15(20)9-14-12-7-4-5-8-13(12)18-19-14;/h4-5,7-8,11H,2-3,6,9-10,16H2,1H3,(H,17,20)(H,18,19);1H. The molecule has 1 heterocycles. The zero-order valence-electron chi connectivity index (χ0n) is 12.3. The summed E-state index contributed by atoms with van der Waals surface area (Å²) in [7, 11) is 0. The maximum atomic E-state index is 12.1. The SMILES string of the molecule is CCCCC(CN)NC(=O)Cc1[nH]nc2ccccc12.Cl. The number of para-hydroxylation sites is 1. The Balaban J connectivity index is 0.00000220. The van der Waals surface area contributed by atoms with E-state index in [1.54, 1.807) is 0 Å². The van der Waals surface area contributed by atoms with Gasteiger partial charge in [0.1, 0.15) is 0 Å². The molecule has 0 fully saturated rings. The number of aromatic nitrogens is 2. The van der Waals surface area contributed by atoms with Crippen LogP contribution in [0.15, 0.2) is 24.3 Å². The molecule has 0 aliphatic rings. The highest BCUT2D eigenvalue weighted by Crippen LogP contribution is 2.15. The van der Waals surface area contributed by atoms with Gasteiger partial charge in [0.2, 0.25) is 5.91 Å². The predicted molar refractivity (Wildman–Crippen MR) is 87.6 cm³/mol. The van der Waals surface area contributed by atoms with E-state index in [0.717, 1.165) is 35.9 Å². The average molecular weight is 311 g/mol. The second-order valence-electron chi connectivity index (χ2n) is 5.04. The van der Waals surface area contributed by atoms with E-state index in [1.807, 2.05) is 24.3 Å². The molecule has 0 aliphatic heterocycles. The minimum Gasteiger partial charge on any atom is -0.352 e. The lowest BCUT2D eigenvalue weighted by Gasteiger charge is -2.16. The largest absolute Gasteiger partial charge is 0.352 e. The molecule has 0 spiro atoms. The van der Waals surface area contributed by atoms with Crippen LogP contribution in [-0.4, -0.2) is 28.7 Å². The fraction of sp³-hybridized carbons (Fsp3) is 0.467. The van der Waals surface area contributed by atoms with Crippen LogP contribution in [0.25, 0.3) is 10.9 Å². The van der Waals surface area contributed by atoms with Crippen molar-refractivity contribution in [3.8, 4) is 0 Å². The van der Waals surface area contributed by atoms with E-state index in [2.05, 4.69) is 22.4 Å². The number of unbranched alkanes of at least 4 members (excludes halogenated alkanes) is 1. The molecule has 4 N–H and O–H groups in total. The average Bonchev–Trinajstić information content (AvgIpc) is 2.87. The van der Waals surface area contributed by atoms with Crippen LogP contribution in [0.4, 0.5) is 0 Å². The number of hydrogen-bond acceptors (Lipinski definition) is 3. The van der Waals surface area contributed by atoms with Crippen molar-refractivity contribution in [3.05, 3.63) is 30.0 Å². The first-order valence-corrected chi connectivity index (χ1v) is 7.16. The Kier molecular flexibility index (Phi) is 7.19. The molecule has 1 amide bonds. The Morgan fingerprint density at radius 3 is 2.90 bits per heavy atom. The quantitative estimate of drug-likeness (QED) is 0.732. The first kappa shape index (κ1) is 17.5. The number of carbonyl (C=O) groups excluding carboxylic acids is 1. The number of benzene rings is 1. The predicted octanol–water partition coefficient (Wildman–Crippen LogP) is 2.16. The van der Waals surface area contributed by atoms with E-state index in [1.165, 1.54) is 0 Å². The van der Waals surface area contributed by atoms with Gasteiger partial charge in [0, 0.05) is 18.0 Å². The highest BCUT2D eigenvalue weighted by atomic mass is 35.5. The van der Waals surface area contributed by atoms with Gasteiger partial charge in [-0.1, -0.05) is 38.0 Å². The lowest BCUT2D eigenvalue weighted by molar-refractivity contribution is -0.121. The maximum absolute atomic E-state index is 12.1. The van der Waals surface area contributed by atoms with Gasteiger partial charge in [-0.2, -0.15) is 5.10 Å². The van der Waals surface area contributed by atoms with Crippen molar-refractivity contribution in [2.24, 2.45) is 5.73 Å². The summed E-state index contributed by atoms with van der Waals surface area (Å²) in [6.45, 7) is 2.61. The van der Waals surface area contributed by atoms with Gasteiger partial charge < -0.3 is 11.1 Å². The summed E-state index contributed by atoms with van der Waals surface area (Å²) in [5.74, 6) is -0.00837. The summed E-state index contributed by atoms with van der Waals surface area (Å²) in [5.41, 5.74) is 7.43. The van der Waals surface area contributed by atoms with Gasteiger partial charge in [-0.05, 0) is 12.5 Å². The first-order valence-electron chi connectivity index (χ1n) is 7.16. The van der Waals surface area contributed by atoms with Crippen LogP contribution in [0.3, 0.4) is 0 Å². The number of aromatic amines is 1. The summed E-state index contributed by atoms with van der Waals surface area (Å²) in [5, 5.41) is 11.1. The molecule has 5 nitrogen and oxygen atoms in total. The molecule has 6 heteroatoms. The molecule has 1 atom stereocenters. The molecule has 1 aromatic heterocycles. The molecule has 0 saturated heterocycles. The fourth-order valence-corrected chi connectivity index (χ4v) is 2.29. The van der Waals surface area contributed by atoms with E-state index in [9.17, 15) is 4.79 Å². The van der Waals surface area contributed by atoms with Crippen molar-refractivity contribution in [1.82, 2.24) is 15.5 Å². The number of nitrogens with one attached hydrogen (secondary N) is 2. The van der Waals surface area contributed by atoms with E-state index in [0.29, 0.717) is 13.0 Å². The van der Waals surface area contributed by atoms with Crippen LogP contribution < -0.4 is 11.1 Å². The number of carbonyl (C=O) groups is 1. The van der Waals surface area contributed by atoms with Gasteiger partial charge in [-0.3, -0.25) is 9.89 Å². The normalized spacial score (nSPS) is 11.9. The van der Waals surface area contributed by atoms with Crippen LogP contribution in [0.5, 0.6) is 0 Å². The monoisotopic (exact) mass is 310 g/mol. The molecule has 2 aromatic rings. The van der Waals surface area contributed by atoms with Crippen LogP contribution in [0.1, 0.15) is 31.9 Å². The fourth-order valence-electron chi connectivity index (χ4n) is 2.29. The third-order valence-electron chi connectivity index (χ3n) is 3.43. The van der Waals surface area contributed by atoms with Crippen molar-refractivity contribution >= 4 is 29.2 Å². The van der Waals surface area contributed by atoms with Crippen molar-refractivity contribution < 1.29 is 4.79 Å². The zero-order valence-corrected chi connectivity index (χ0v) is 13.1. The highest BCUT2D eigenvalue weighted by Gasteiger charge is 2.13. The third kappa shape index (κ3) is 4.72. The number of nitrogens with zero attached hydrogens (tertiary/aromatic N) is 1. The smallest absolute Gasteiger partial charge is 0.226 e. The highest BCUT2D eigenvalue weighted by molar-refractivity contribution is 5.87. The summed E-state index contributed by atoms with van der Waals surface area (Å²) in [6, 6.07) is 7.85. The molecule has 0 bridgehead atoms. The topological polar surface area (TPSA) is 83.8 Å². The Bertz CT molecular complexity index is 570. The van der Waals surface area contributed by atoms with Gasteiger partial charge >= 0.3 is 0 Å². The number of rotatable bonds is 7. The number of fused-ring (bicyclic) bond motifs is 1. The summed E-state index contributed by atoms with van der Waals surface area (Å²) in [4.78, 5) is 12.1. The number of nitrogens with two attached hydrogens (primary N) is 1. The number of amides is 1. The molecular weight excluding hydrogens is 288 g/mol. The van der Waals surface area contributed by atoms with Crippen molar-refractivity contribution in [3.63, 3.8) is 0 Å². The summed E-state index contributed by atoms with van der Waals surface area (Å²) >= 11 is 0. The van der Waals surface area contributed by atoms with Crippen LogP contribution >= 0.6 is 12.4 Å². The van der Waals surface area contributed by atoms with Crippen molar-refractivity contribution in [2.75, 3.05) is 6.54 Å². The molecule has 2 rings (SSSR count). The molecule has 116 valence electrons. The van der Waals surface area contributed by atoms with Crippen molar-refractivity contribution in [2.45, 2.75) is 38.6 Å². The lowest BCUT2D eigenvalue weighted by atomic mass is 10.1. The summed E-state index contributed by atoms with van der Waals surface area (Å²) in [6.07, 6.45) is 3.43. The Labute approximate surface area is 131 Å². The van der Waals surface area contributed by atoms with Gasteiger partial charge in [0.25, 0.3) is 0 Å². The minimum atomic E-state index is -0.00837. The Morgan fingerprint density at radius 1 is 1.43 bits per heavy atom. The first-order chi connectivity index (χ1) is 9.74. The molecule has 1 unspecified atom stereocenters. The molecular formula is C15H23ClN4O. The van der Waals surface area contributed by atoms with Gasteiger partial charge in [-0.15, -0.1) is 12.4 Å². The Morgan fingerprint density at radius 2 is 2.19 bits per heavy atom. The molecule has 0 radical (unpaired) electrons. The van der Waals surface area contributed by atoms with E-state index >= 15 is 0 Å². The van der Waals surface area contributed by atoms with E-state index in [-0.39, 0.29) is 24.4 Å². The number of hydrogen-bond donors (Lipinski definition) is 3. The van der Waals surface area contributed by atoms with Gasteiger partial charge in [0.05, 0.1) is 17.6 Å². The lowest BCUT2D eigenvalue weighted by Crippen LogP contribution is -2.40. The molecule has 1 aromatic carbocycles. The summed E-state index contributed by atoms with van der Waals surface area (Å²) < 4.78 is 0. The van der Waals surface area contributed by atoms with Gasteiger partial charge in [-0.25, -0.2) is 0 Å². The molecule has 0 saturated carbocycles. The molecule has 0 aliphatic carbocycles. The molecule has 21 heavy (non-hydrogen) atoms. The minimum absolute atomic E-state index is 0. The third-order valence-corrected chi connectivity index (χ3v) is 3.43. The van der Waals surface area contributed by atoms with E-state index < -0.39 is 0 Å². The van der Waals surface area contributed by atoms with Gasteiger partial charge in [0.15, 0.2) is 0 Å². The maximum Gasteiger partial charge on any atom is 0.226 e. The second-order valence-corrected chi connectivity index (χ2v) is 5.04. The van der Waals surface area contributed by atoms with Crippen molar-refractivity contribution in [1.29, 1.82) is 0 Å². The van der Waals surface area contributed by atoms with Crippen LogP contribution in [0, 0.1) is 0 Å². The van der Waals surface area contributed by atoms with E-state index in [4.69, 9.17) is 5.73 Å². The van der Waals surface area contributed by atoms with Crippen LogP contribution in [0.2, 0.25) is 0 Å². The second kappa shape index (κ2) is 8.64. The number of H-pyrrole nitrogens is 1. The number of halogens is 1.